The van der Waals surface area contributed by atoms with Crippen molar-refractivity contribution in [3.63, 3.8) is 0 Å². The molecule has 1 heterocycles. The van der Waals surface area contributed by atoms with E-state index >= 15 is 0 Å². The van der Waals surface area contributed by atoms with Crippen LogP contribution in [-0.4, -0.2) is 28.2 Å². The first-order valence-corrected chi connectivity index (χ1v) is 7.41. The molecule has 1 N–H and O–H groups in total. The fraction of sp³-hybridized carbons (Fsp3) is 0.600. The molecule has 0 aliphatic carbocycles. The Labute approximate surface area is 101 Å². The van der Waals surface area contributed by atoms with Crippen molar-refractivity contribution < 1.29 is 13.2 Å². The highest BCUT2D eigenvalue weighted by Gasteiger charge is 2.18. The summed E-state index contributed by atoms with van der Waals surface area (Å²) in [6.07, 6.45) is 0. The van der Waals surface area contributed by atoms with Gasteiger partial charge in [-0.05, 0) is 26.8 Å². The van der Waals surface area contributed by atoms with Crippen LogP contribution >= 0.6 is 11.3 Å². The molecule has 0 amide bonds. The van der Waals surface area contributed by atoms with Crippen LogP contribution in [0.3, 0.4) is 0 Å². The van der Waals surface area contributed by atoms with E-state index in [0.29, 0.717) is 24.7 Å². The van der Waals surface area contributed by atoms with Gasteiger partial charge in [0.05, 0.1) is 11.5 Å². The van der Waals surface area contributed by atoms with Gasteiger partial charge in [0.1, 0.15) is 0 Å². The largest absolute Gasteiger partial charge is 0.380 e. The second-order valence-corrected chi connectivity index (χ2v) is 6.57. The van der Waals surface area contributed by atoms with Gasteiger partial charge in [0.2, 0.25) is 10.0 Å². The average Bonchev–Trinajstić information content (AvgIpc) is 2.53. The van der Waals surface area contributed by atoms with E-state index in [2.05, 4.69) is 4.72 Å². The highest BCUT2D eigenvalue weighted by molar-refractivity contribution is 7.89. The van der Waals surface area contributed by atoms with Crippen LogP contribution in [0.2, 0.25) is 0 Å². The molecule has 16 heavy (non-hydrogen) atoms. The summed E-state index contributed by atoms with van der Waals surface area (Å²) in [4.78, 5) is 2.20. The number of aryl methyl sites for hydroxylation is 2. The topological polar surface area (TPSA) is 55.4 Å². The van der Waals surface area contributed by atoms with Crippen molar-refractivity contribution in [1.82, 2.24) is 4.72 Å². The second-order valence-electron chi connectivity index (χ2n) is 3.37. The summed E-state index contributed by atoms with van der Waals surface area (Å²) in [7, 11) is -3.37. The molecule has 4 nitrogen and oxygen atoms in total. The summed E-state index contributed by atoms with van der Waals surface area (Å²) >= 11 is 1.49. The molecule has 0 unspecified atom stereocenters. The molecule has 1 aromatic rings. The Kier molecular flexibility index (Phi) is 4.91. The Morgan fingerprint density at radius 3 is 2.62 bits per heavy atom. The van der Waals surface area contributed by atoms with Crippen LogP contribution in [0.25, 0.3) is 0 Å². The lowest BCUT2D eigenvalue weighted by molar-refractivity contribution is 0.153. The normalized spacial score (nSPS) is 11.9. The summed E-state index contributed by atoms with van der Waals surface area (Å²) in [5, 5.41) is 0. The predicted molar refractivity (Wildman–Crippen MR) is 65.5 cm³/mol. The Morgan fingerprint density at radius 1 is 1.44 bits per heavy atom. The lowest BCUT2D eigenvalue weighted by Gasteiger charge is -2.05. The van der Waals surface area contributed by atoms with Gasteiger partial charge in [-0.25, -0.2) is 13.1 Å². The van der Waals surface area contributed by atoms with Crippen LogP contribution in [0.4, 0.5) is 0 Å². The molecular weight excluding hydrogens is 246 g/mol. The molecule has 0 aromatic carbocycles. The molecule has 0 fully saturated rings. The zero-order chi connectivity index (χ0) is 12.2. The Bertz CT molecular complexity index is 437. The third-order valence-corrected chi connectivity index (χ3v) is 4.71. The zero-order valence-electron chi connectivity index (χ0n) is 9.74. The maximum Gasteiger partial charge on any atom is 0.241 e. The average molecular weight is 263 g/mol. The van der Waals surface area contributed by atoms with Crippen LogP contribution in [-0.2, 0) is 14.8 Å². The van der Waals surface area contributed by atoms with Crippen molar-refractivity contribution in [3.8, 4) is 0 Å². The van der Waals surface area contributed by atoms with E-state index in [1.807, 2.05) is 20.8 Å². The SMILES string of the molecule is CCOCCNS(=O)(=O)c1cc(C)sc1C. The van der Waals surface area contributed by atoms with Crippen molar-refractivity contribution >= 4 is 21.4 Å². The van der Waals surface area contributed by atoms with E-state index in [9.17, 15) is 8.42 Å². The minimum Gasteiger partial charge on any atom is -0.380 e. The standard InChI is InChI=1S/C10H17NO3S2/c1-4-14-6-5-11-16(12,13)10-7-8(2)15-9(10)3/h7,11H,4-6H2,1-3H3. The van der Waals surface area contributed by atoms with Crippen LogP contribution in [0.15, 0.2) is 11.0 Å². The minimum atomic E-state index is -3.37. The maximum absolute atomic E-state index is 11.9. The first-order chi connectivity index (χ1) is 7.47. The van der Waals surface area contributed by atoms with E-state index in [1.165, 1.54) is 11.3 Å². The fourth-order valence-electron chi connectivity index (χ4n) is 1.34. The van der Waals surface area contributed by atoms with Crippen molar-refractivity contribution in [1.29, 1.82) is 0 Å². The van der Waals surface area contributed by atoms with Crippen molar-refractivity contribution in [3.05, 3.63) is 15.8 Å². The monoisotopic (exact) mass is 263 g/mol. The van der Waals surface area contributed by atoms with Gasteiger partial charge in [-0.2, -0.15) is 0 Å². The van der Waals surface area contributed by atoms with Crippen molar-refractivity contribution in [2.24, 2.45) is 0 Å². The number of nitrogens with one attached hydrogen (secondary N) is 1. The van der Waals surface area contributed by atoms with E-state index in [-0.39, 0.29) is 0 Å². The number of hydrogen-bond acceptors (Lipinski definition) is 4. The number of thiophene rings is 1. The third kappa shape index (κ3) is 3.55. The van der Waals surface area contributed by atoms with Gasteiger partial charge in [-0.1, -0.05) is 0 Å². The Morgan fingerprint density at radius 2 is 2.12 bits per heavy atom. The molecule has 1 rings (SSSR count). The molecule has 0 bridgehead atoms. The molecule has 0 aliphatic rings. The highest BCUT2D eigenvalue weighted by Crippen LogP contribution is 2.24. The van der Waals surface area contributed by atoms with Gasteiger partial charge in [-0.15, -0.1) is 11.3 Å². The summed E-state index contributed by atoms with van der Waals surface area (Å²) in [6.45, 7) is 6.90. The van der Waals surface area contributed by atoms with Gasteiger partial charge < -0.3 is 4.74 Å². The fourth-order valence-corrected chi connectivity index (χ4v) is 3.91. The van der Waals surface area contributed by atoms with Gasteiger partial charge in [0.25, 0.3) is 0 Å². The number of ether oxygens (including phenoxy) is 1. The van der Waals surface area contributed by atoms with Gasteiger partial charge in [-0.3, -0.25) is 0 Å². The van der Waals surface area contributed by atoms with Crippen LogP contribution in [0, 0.1) is 13.8 Å². The van der Waals surface area contributed by atoms with Crippen LogP contribution < -0.4 is 4.72 Å². The molecule has 0 saturated carbocycles. The van der Waals surface area contributed by atoms with Gasteiger partial charge in [0, 0.05) is 22.9 Å². The molecule has 0 spiro atoms. The van der Waals surface area contributed by atoms with Crippen LogP contribution in [0.1, 0.15) is 16.7 Å². The van der Waals surface area contributed by atoms with Crippen molar-refractivity contribution in [2.45, 2.75) is 25.7 Å². The lowest BCUT2D eigenvalue weighted by Crippen LogP contribution is -2.27. The smallest absolute Gasteiger partial charge is 0.241 e. The summed E-state index contributed by atoms with van der Waals surface area (Å²) in [6, 6.07) is 1.70. The van der Waals surface area contributed by atoms with Gasteiger partial charge >= 0.3 is 0 Å². The van der Waals surface area contributed by atoms with Crippen molar-refractivity contribution in [2.75, 3.05) is 19.8 Å². The molecule has 0 atom stereocenters. The molecule has 1 aromatic heterocycles. The molecule has 92 valence electrons. The molecular formula is C10H17NO3S2. The predicted octanol–water partition coefficient (Wildman–Crippen LogP) is 1.68. The van der Waals surface area contributed by atoms with Gasteiger partial charge in [0.15, 0.2) is 0 Å². The molecule has 0 aliphatic heterocycles. The summed E-state index contributed by atoms with van der Waals surface area (Å²) in [5.74, 6) is 0. The van der Waals surface area contributed by atoms with E-state index in [1.54, 1.807) is 6.07 Å². The lowest BCUT2D eigenvalue weighted by atomic mass is 10.4. The zero-order valence-corrected chi connectivity index (χ0v) is 11.4. The number of rotatable bonds is 6. The summed E-state index contributed by atoms with van der Waals surface area (Å²) < 4.78 is 31.3. The Balaban J connectivity index is 2.67. The van der Waals surface area contributed by atoms with E-state index < -0.39 is 10.0 Å². The van der Waals surface area contributed by atoms with Crippen LogP contribution in [0.5, 0.6) is 0 Å². The third-order valence-electron chi connectivity index (χ3n) is 2.03. The van der Waals surface area contributed by atoms with E-state index in [0.717, 1.165) is 9.75 Å². The second kappa shape index (κ2) is 5.77. The maximum atomic E-state index is 11.9. The quantitative estimate of drug-likeness (QED) is 0.794. The highest BCUT2D eigenvalue weighted by atomic mass is 32.2. The van der Waals surface area contributed by atoms with E-state index in [4.69, 9.17) is 4.74 Å². The first-order valence-electron chi connectivity index (χ1n) is 5.12. The molecule has 0 saturated heterocycles. The molecule has 6 heteroatoms. The first kappa shape index (κ1) is 13.6. The Hall–Kier alpha value is -0.430. The molecule has 0 radical (unpaired) electrons. The summed E-state index contributed by atoms with van der Waals surface area (Å²) in [5.41, 5.74) is 0. The number of sulfonamides is 1. The minimum absolute atomic E-state index is 0.310. The number of hydrogen-bond donors (Lipinski definition) is 1.